The molecule has 4 aromatic rings. The van der Waals surface area contributed by atoms with Crippen molar-refractivity contribution in [2.75, 3.05) is 13.6 Å². The number of hydrogen-bond donors (Lipinski definition) is 0. The van der Waals surface area contributed by atoms with Crippen LogP contribution in [0.1, 0.15) is 53.0 Å². The van der Waals surface area contributed by atoms with Crippen molar-refractivity contribution in [3.8, 4) is 5.75 Å². The number of pyridine rings is 1. The van der Waals surface area contributed by atoms with E-state index in [-0.39, 0.29) is 16.9 Å². The molecule has 2 aliphatic carbocycles. The summed E-state index contributed by atoms with van der Waals surface area (Å²) in [7, 11) is 2.33. The smallest absolute Gasteiger partial charge is 0.151 e. The van der Waals surface area contributed by atoms with Gasteiger partial charge in [-0.2, -0.15) is 0 Å². The van der Waals surface area contributed by atoms with Gasteiger partial charge in [-0.05, 0) is 91.9 Å². The lowest BCUT2D eigenvalue weighted by Gasteiger charge is -2.64. The van der Waals surface area contributed by atoms with E-state index in [2.05, 4.69) is 81.2 Å². The Morgan fingerprint density at radius 2 is 1.85 bits per heavy atom. The molecule has 4 atom stereocenters. The fourth-order valence-electron chi connectivity index (χ4n) is 8.44. The summed E-state index contributed by atoms with van der Waals surface area (Å²) in [4.78, 5) is 8.05. The summed E-state index contributed by atoms with van der Waals surface area (Å²) in [5.74, 6) is 1.16. The van der Waals surface area contributed by atoms with Gasteiger partial charge in [0, 0.05) is 22.4 Å². The summed E-state index contributed by atoms with van der Waals surface area (Å²) in [6, 6.07) is 18.5. The third-order valence-electron chi connectivity index (χ3n) is 10.2. The van der Waals surface area contributed by atoms with E-state index < -0.39 is 0 Å². The summed E-state index contributed by atoms with van der Waals surface area (Å²) >= 11 is 0. The van der Waals surface area contributed by atoms with Gasteiger partial charge in [-0.1, -0.05) is 43.3 Å². The van der Waals surface area contributed by atoms with Crippen molar-refractivity contribution < 1.29 is 4.74 Å². The summed E-state index contributed by atoms with van der Waals surface area (Å²) < 4.78 is 7.05. The highest BCUT2D eigenvalue weighted by atomic mass is 16.5. The van der Waals surface area contributed by atoms with E-state index in [1.165, 1.54) is 49.7 Å². The predicted molar refractivity (Wildman–Crippen MR) is 137 cm³/mol. The minimum absolute atomic E-state index is 0.00201. The molecule has 34 heavy (non-hydrogen) atoms. The third kappa shape index (κ3) is 2.00. The lowest BCUT2D eigenvalue weighted by Crippen LogP contribution is -2.68. The van der Waals surface area contributed by atoms with Gasteiger partial charge in [-0.15, -0.1) is 0 Å². The van der Waals surface area contributed by atoms with Crippen LogP contribution < -0.4 is 4.74 Å². The number of likely N-dealkylation sites (N-methyl/N-ethyl adjacent to an activating group) is 1. The molecule has 1 aromatic heterocycles. The van der Waals surface area contributed by atoms with Crippen molar-refractivity contribution in [3.05, 3.63) is 82.0 Å². The Kier molecular flexibility index (Phi) is 3.43. The van der Waals surface area contributed by atoms with E-state index in [1.54, 1.807) is 0 Å². The molecule has 3 heterocycles. The topological polar surface area (TPSA) is 25.4 Å². The van der Waals surface area contributed by atoms with Gasteiger partial charge in [-0.3, -0.25) is 0 Å². The van der Waals surface area contributed by atoms with Gasteiger partial charge in [0.2, 0.25) is 0 Å². The fourth-order valence-corrected chi connectivity index (χ4v) is 8.44. The van der Waals surface area contributed by atoms with Crippen LogP contribution in [-0.2, 0) is 18.3 Å². The fraction of sp³-hybridized carbons (Fsp3) is 0.387. The van der Waals surface area contributed by atoms with E-state index in [0.717, 1.165) is 37.1 Å². The van der Waals surface area contributed by atoms with Gasteiger partial charge in [0.1, 0.15) is 5.75 Å². The highest BCUT2D eigenvalue weighted by Gasteiger charge is 2.70. The SMILES string of the molecule is Cc1ccc2c3c1O[C@H]1c4nc5cc6ccccc6cc5c(C)c4C[C@@]4(C)[C@H](C2)N(C)CC[C@]314. The molecule has 0 radical (unpaired) electrons. The molecule has 1 saturated heterocycles. The van der Waals surface area contributed by atoms with Crippen molar-refractivity contribution in [2.45, 2.75) is 57.6 Å². The Labute approximate surface area is 200 Å². The maximum atomic E-state index is 7.05. The van der Waals surface area contributed by atoms with E-state index in [0.29, 0.717) is 6.04 Å². The molecular formula is C31H30N2O. The van der Waals surface area contributed by atoms with E-state index in [1.807, 2.05) is 0 Å². The zero-order valence-corrected chi connectivity index (χ0v) is 20.4. The lowest BCUT2D eigenvalue weighted by molar-refractivity contribution is -0.0910. The first-order valence-corrected chi connectivity index (χ1v) is 12.7. The van der Waals surface area contributed by atoms with Crippen molar-refractivity contribution in [3.63, 3.8) is 0 Å². The average molecular weight is 447 g/mol. The van der Waals surface area contributed by atoms with Gasteiger partial charge in [0.25, 0.3) is 0 Å². The zero-order valence-electron chi connectivity index (χ0n) is 20.4. The first kappa shape index (κ1) is 19.4. The van der Waals surface area contributed by atoms with Gasteiger partial charge < -0.3 is 9.64 Å². The third-order valence-corrected chi connectivity index (χ3v) is 10.2. The van der Waals surface area contributed by atoms with E-state index >= 15 is 0 Å². The van der Waals surface area contributed by atoms with Gasteiger partial charge >= 0.3 is 0 Å². The van der Waals surface area contributed by atoms with Gasteiger partial charge in [0.05, 0.1) is 16.6 Å². The molecule has 0 saturated carbocycles. The number of benzene rings is 3. The van der Waals surface area contributed by atoms with Crippen LogP contribution in [0.3, 0.4) is 0 Å². The van der Waals surface area contributed by atoms with Crippen LogP contribution >= 0.6 is 0 Å². The Morgan fingerprint density at radius 3 is 2.68 bits per heavy atom. The predicted octanol–water partition coefficient (Wildman–Crippen LogP) is 6.20. The normalized spacial score (nSPS) is 30.8. The molecule has 170 valence electrons. The Hall–Kier alpha value is -2.91. The van der Waals surface area contributed by atoms with Crippen LogP contribution in [0, 0.1) is 19.3 Å². The van der Waals surface area contributed by atoms with Crippen molar-refractivity contribution in [2.24, 2.45) is 5.41 Å². The molecule has 1 fully saturated rings. The quantitative estimate of drug-likeness (QED) is 0.301. The second kappa shape index (κ2) is 6.01. The minimum Gasteiger partial charge on any atom is -0.483 e. The van der Waals surface area contributed by atoms with Crippen LogP contribution in [-0.4, -0.2) is 29.5 Å². The number of piperidine rings is 1. The molecular weight excluding hydrogens is 416 g/mol. The molecule has 3 heteroatoms. The number of ether oxygens (including phenoxy) is 1. The Balaban J connectivity index is 1.48. The number of aromatic nitrogens is 1. The zero-order chi connectivity index (χ0) is 23.0. The molecule has 2 bridgehead atoms. The minimum atomic E-state index is 0.00201. The van der Waals surface area contributed by atoms with Crippen molar-refractivity contribution >= 4 is 21.7 Å². The van der Waals surface area contributed by atoms with Crippen LogP contribution in [0.5, 0.6) is 5.75 Å². The maximum Gasteiger partial charge on any atom is 0.151 e. The lowest BCUT2D eigenvalue weighted by atomic mass is 9.44. The summed E-state index contributed by atoms with van der Waals surface area (Å²) in [5, 5.41) is 3.84. The monoisotopic (exact) mass is 446 g/mol. The molecule has 0 amide bonds. The van der Waals surface area contributed by atoms with Gasteiger partial charge in [0.15, 0.2) is 6.10 Å². The van der Waals surface area contributed by atoms with Crippen LogP contribution in [0.2, 0.25) is 0 Å². The summed E-state index contributed by atoms with van der Waals surface area (Å²) in [5.41, 5.74) is 9.56. The van der Waals surface area contributed by atoms with Crippen molar-refractivity contribution in [1.82, 2.24) is 9.88 Å². The molecule has 3 nitrogen and oxygen atoms in total. The molecule has 1 spiro atoms. The maximum absolute atomic E-state index is 7.05. The van der Waals surface area contributed by atoms with E-state index in [4.69, 9.17) is 9.72 Å². The molecule has 2 aliphatic heterocycles. The number of nitrogens with zero attached hydrogens (tertiary/aromatic N) is 2. The molecule has 0 N–H and O–H groups in total. The largest absolute Gasteiger partial charge is 0.483 e. The standard InChI is InChI=1S/C31H30N2O/c1-17-9-10-21-15-25-30(3)16-23-18(2)22-13-19-7-5-6-8-20(19)14-24(22)32-27(23)29-31(30,11-12-33(25)4)26(21)28(17)34-29/h5-10,13-14,25,29H,11-12,15-16H2,1-4H3/t25-,29-,30-,31-/m0/s1. The first-order chi connectivity index (χ1) is 16.4. The molecule has 0 unspecified atom stereocenters. The van der Waals surface area contributed by atoms with E-state index in [9.17, 15) is 0 Å². The second-order valence-electron chi connectivity index (χ2n) is 11.6. The number of likely N-dealkylation sites (tertiary alicyclic amines) is 1. The second-order valence-corrected chi connectivity index (χ2v) is 11.6. The van der Waals surface area contributed by atoms with Crippen LogP contribution in [0.25, 0.3) is 21.7 Å². The summed E-state index contributed by atoms with van der Waals surface area (Å²) in [6.07, 6.45) is 3.33. The average Bonchev–Trinajstić information content (AvgIpc) is 3.19. The number of hydrogen-bond acceptors (Lipinski definition) is 3. The Bertz CT molecular complexity index is 1570. The number of aryl methyl sites for hydroxylation is 2. The first-order valence-electron chi connectivity index (χ1n) is 12.7. The molecule has 8 rings (SSSR count). The summed E-state index contributed by atoms with van der Waals surface area (Å²) in [6.45, 7) is 8.23. The Morgan fingerprint density at radius 1 is 1.06 bits per heavy atom. The van der Waals surface area contributed by atoms with Gasteiger partial charge in [-0.25, -0.2) is 4.98 Å². The molecule has 4 aliphatic rings. The van der Waals surface area contributed by atoms with Crippen LogP contribution in [0.4, 0.5) is 0 Å². The van der Waals surface area contributed by atoms with Crippen LogP contribution in [0.15, 0.2) is 48.5 Å². The highest BCUT2D eigenvalue weighted by molar-refractivity contribution is 5.98. The van der Waals surface area contributed by atoms with Crippen molar-refractivity contribution in [1.29, 1.82) is 0 Å². The number of rotatable bonds is 0. The number of fused-ring (bicyclic) bond motifs is 4. The highest BCUT2D eigenvalue weighted by Crippen LogP contribution is 2.71. The molecule has 3 aromatic carbocycles.